The summed E-state index contributed by atoms with van der Waals surface area (Å²) in [6.45, 7) is 5.89. The summed E-state index contributed by atoms with van der Waals surface area (Å²) >= 11 is 4.80. The first-order chi connectivity index (χ1) is 7.47. The number of carbonyl (C=O) groups is 1. The lowest BCUT2D eigenvalue weighted by molar-refractivity contribution is 0.0736. The lowest BCUT2D eigenvalue weighted by Gasteiger charge is -2.22. The molecule has 0 bridgehead atoms. The van der Waals surface area contributed by atoms with Gasteiger partial charge < -0.3 is 4.90 Å². The van der Waals surface area contributed by atoms with Crippen molar-refractivity contribution in [1.82, 2.24) is 4.90 Å². The average molecular weight is 301 g/mol. The number of amides is 1. The third-order valence-electron chi connectivity index (χ3n) is 2.19. The number of nitriles is 1. The van der Waals surface area contributed by atoms with E-state index in [4.69, 9.17) is 5.26 Å². The molecule has 0 radical (unpaired) electrons. The van der Waals surface area contributed by atoms with Gasteiger partial charge in [0.05, 0.1) is 14.7 Å². The Morgan fingerprint density at radius 1 is 1.69 bits per heavy atom. The molecule has 1 aromatic heterocycles. The van der Waals surface area contributed by atoms with Gasteiger partial charge in [0.15, 0.2) is 0 Å². The predicted octanol–water partition coefficient (Wildman–Crippen LogP) is 3.19. The Morgan fingerprint density at radius 2 is 2.31 bits per heavy atom. The molecule has 1 aromatic rings. The molecule has 0 aliphatic heterocycles. The zero-order chi connectivity index (χ0) is 12.3. The highest BCUT2D eigenvalue weighted by molar-refractivity contribution is 9.11. The summed E-state index contributed by atoms with van der Waals surface area (Å²) in [6, 6.07) is 3.91. The first kappa shape index (κ1) is 13.2. The Balaban J connectivity index is 2.95. The smallest absolute Gasteiger partial charge is 0.265 e. The van der Waals surface area contributed by atoms with E-state index in [0.29, 0.717) is 4.88 Å². The van der Waals surface area contributed by atoms with Crippen LogP contribution in [0.15, 0.2) is 9.85 Å². The van der Waals surface area contributed by atoms with E-state index < -0.39 is 0 Å². The molecule has 1 heterocycles. The highest BCUT2D eigenvalue weighted by Gasteiger charge is 2.20. The van der Waals surface area contributed by atoms with Crippen LogP contribution in [0.1, 0.15) is 29.1 Å². The number of aryl methyl sites for hydroxylation is 1. The van der Waals surface area contributed by atoms with Gasteiger partial charge in [0.2, 0.25) is 0 Å². The van der Waals surface area contributed by atoms with E-state index >= 15 is 0 Å². The standard InChI is InChI=1S/C11H13BrN2OS/c1-7(2)14(5-4-13)11(15)9-6-8(3)10(12)16-9/h6-7H,5H2,1-3H3. The van der Waals surface area contributed by atoms with Crippen LogP contribution in [0.2, 0.25) is 0 Å². The highest BCUT2D eigenvalue weighted by Crippen LogP contribution is 2.28. The molecule has 0 aliphatic rings. The first-order valence-corrected chi connectivity index (χ1v) is 6.52. The van der Waals surface area contributed by atoms with E-state index in [-0.39, 0.29) is 18.5 Å². The van der Waals surface area contributed by atoms with E-state index in [9.17, 15) is 4.79 Å². The zero-order valence-electron chi connectivity index (χ0n) is 9.45. The molecule has 0 aliphatic carbocycles. The molecule has 5 heteroatoms. The fraction of sp³-hybridized carbons (Fsp3) is 0.455. The maximum Gasteiger partial charge on any atom is 0.265 e. The van der Waals surface area contributed by atoms with Crippen LogP contribution in [0.4, 0.5) is 0 Å². The van der Waals surface area contributed by atoms with Gasteiger partial charge in [-0.25, -0.2) is 0 Å². The Bertz CT molecular complexity index is 414. The summed E-state index contributed by atoms with van der Waals surface area (Å²) in [6.07, 6.45) is 0. The molecule has 0 spiro atoms. The maximum atomic E-state index is 12.1. The summed E-state index contributed by atoms with van der Waals surface area (Å²) < 4.78 is 0.969. The molecule has 1 rings (SSSR count). The second-order valence-corrected chi connectivity index (χ2v) is 6.12. The van der Waals surface area contributed by atoms with Crippen molar-refractivity contribution in [2.45, 2.75) is 26.8 Å². The summed E-state index contributed by atoms with van der Waals surface area (Å²) in [5.41, 5.74) is 1.05. The van der Waals surface area contributed by atoms with Gasteiger partial charge in [0.25, 0.3) is 5.91 Å². The minimum absolute atomic E-state index is 0.0355. The topological polar surface area (TPSA) is 44.1 Å². The summed E-state index contributed by atoms with van der Waals surface area (Å²) in [4.78, 5) is 14.3. The molecule has 3 nitrogen and oxygen atoms in total. The van der Waals surface area contributed by atoms with E-state index in [0.717, 1.165) is 9.35 Å². The van der Waals surface area contributed by atoms with Gasteiger partial charge in [-0.05, 0) is 48.3 Å². The number of hydrogen-bond acceptors (Lipinski definition) is 3. The van der Waals surface area contributed by atoms with Gasteiger partial charge in [0.1, 0.15) is 6.54 Å². The van der Waals surface area contributed by atoms with Gasteiger partial charge in [-0.3, -0.25) is 4.79 Å². The van der Waals surface area contributed by atoms with Gasteiger partial charge in [-0.15, -0.1) is 11.3 Å². The normalized spacial score (nSPS) is 10.2. The number of carbonyl (C=O) groups excluding carboxylic acids is 1. The fourth-order valence-electron chi connectivity index (χ4n) is 1.27. The van der Waals surface area contributed by atoms with Gasteiger partial charge in [0, 0.05) is 6.04 Å². The second kappa shape index (κ2) is 5.46. The zero-order valence-corrected chi connectivity index (χ0v) is 11.9. The summed E-state index contributed by atoms with van der Waals surface area (Å²) in [5, 5.41) is 8.69. The molecule has 0 N–H and O–H groups in total. The number of thiophene rings is 1. The predicted molar refractivity (Wildman–Crippen MR) is 68.5 cm³/mol. The molecule has 16 heavy (non-hydrogen) atoms. The fourth-order valence-corrected chi connectivity index (χ4v) is 2.76. The lowest BCUT2D eigenvalue weighted by atomic mass is 10.2. The van der Waals surface area contributed by atoms with Crippen molar-refractivity contribution in [3.8, 4) is 6.07 Å². The molecule has 0 aromatic carbocycles. The average Bonchev–Trinajstić information content (AvgIpc) is 2.54. The van der Waals surface area contributed by atoms with Crippen molar-refractivity contribution in [3.05, 3.63) is 20.3 Å². The van der Waals surface area contributed by atoms with Gasteiger partial charge >= 0.3 is 0 Å². The van der Waals surface area contributed by atoms with E-state index in [1.54, 1.807) is 4.90 Å². The van der Waals surface area contributed by atoms with E-state index in [1.807, 2.05) is 32.9 Å². The van der Waals surface area contributed by atoms with Crippen LogP contribution < -0.4 is 0 Å². The van der Waals surface area contributed by atoms with Crippen LogP contribution >= 0.6 is 27.3 Å². The number of nitrogens with zero attached hydrogens (tertiary/aromatic N) is 2. The number of rotatable bonds is 3. The third-order valence-corrected chi connectivity index (χ3v) is 4.32. The summed E-state index contributed by atoms with van der Waals surface area (Å²) in [5.74, 6) is -0.0737. The van der Waals surface area contributed by atoms with Crippen molar-refractivity contribution >= 4 is 33.2 Å². The van der Waals surface area contributed by atoms with Crippen LogP contribution in [0, 0.1) is 18.3 Å². The number of halogens is 1. The summed E-state index contributed by atoms with van der Waals surface area (Å²) in [7, 11) is 0. The minimum Gasteiger partial charge on any atom is -0.322 e. The Kier molecular flexibility index (Phi) is 4.51. The van der Waals surface area contributed by atoms with Crippen LogP contribution in [0.5, 0.6) is 0 Å². The van der Waals surface area contributed by atoms with Crippen molar-refractivity contribution < 1.29 is 4.79 Å². The second-order valence-electron chi connectivity index (χ2n) is 3.75. The molecule has 0 fully saturated rings. The van der Waals surface area contributed by atoms with Crippen molar-refractivity contribution in [3.63, 3.8) is 0 Å². The van der Waals surface area contributed by atoms with Gasteiger partial charge in [-0.1, -0.05) is 0 Å². The van der Waals surface area contributed by atoms with Crippen molar-refractivity contribution in [2.24, 2.45) is 0 Å². The Hall–Kier alpha value is -0.860. The third kappa shape index (κ3) is 2.83. The molecule has 86 valence electrons. The molecular weight excluding hydrogens is 288 g/mol. The minimum atomic E-state index is -0.0737. The molecule has 0 unspecified atom stereocenters. The first-order valence-electron chi connectivity index (χ1n) is 4.91. The van der Waals surface area contributed by atoms with E-state index in [1.165, 1.54) is 11.3 Å². The highest BCUT2D eigenvalue weighted by atomic mass is 79.9. The molecule has 0 atom stereocenters. The quantitative estimate of drug-likeness (QED) is 0.805. The van der Waals surface area contributed by atoms with Crippen LogP contribution in [0.25, 0.3) is 0 Å². The maximum absolute atomic E-state index is 12.1. The molecule has 0 saturated heterocycles. The molecule has 1 amide bonds. The van der Waals surface area contributed by atoms with E-state index in [2.05, 4.69) is 15.9 Å². The van der Waals surface area contributed by atoms with Crippen LogP contribution in [-0.2, 0) is 0 Å². The van der Waals surface area contributed by atoms with Crippen molar-refractivity contribution in [2.75, 3.05) is 6.54 Å². The van der Waals surface area contributed by atoms with Crippen LogP contribution in [-0.4, -0.2) is 23.4 Å². The Morgan fingerprint density at radius 3 is 2.69 bits per heavy atom. The Labute approximate surface area is 108 Å². The van der Waals surface area contributed by atoms with Gasteiger partial charge in [-0.2, -0.15) is 5.26 Å². The monoisotopic (exact) mass is 300 g/mol. The van der Waals surface area contributed by atoms with Crippen LogP contribution in [0.3, 0.4) is 0 Å². The SMILES string of the molecule is Cc1cc(C(=O)N(CC#N)C(C)C)sc1Br. The number of hydrogen-bond donors (Lipinski definition) is 0. The van der Waals surface area contributed by atoms with Crippen molar-refractivity contribution in [1.29, 1.82) is 5.26 Å². The molecular formula is C11H13BrN2OS. The molecule has 0 saturated carbocycles. The largest absolute Gasteiger partial charge is 0.322 e. The lowest BCUT2D eigenvalue weighted by Crippen LogP contribution is -2.36.